The summed E-state index contributed by atoms with van der Waals surface area (Å²) in [6.45, 7) is 6.82. The van der Waals surface area contributed by atoms with Crippen LogP contribution in [0, 0.1) is 13.8 Å². The van der Waals surface area contributed by atoms with Crippen molar-refractivity contribution < 1.29 is 9.32 Å². The van der Waals surface area contributed by atoms with Crippen LogP contribution in [0.4, 0.5) is 5.82 Å². The van der Waals surface area contributed by atoms with Crippen molar-refractivity contribution in [2.75, 3.05) is 11.9 Å². The molecule has 0 aliphatic carbocycles. The van der Waals surface area contributed by atoms with E-state index in [-0.39, 0.29) is 5.91 Å². The third-order valence-electron chi connectivity index (χ3n) is 3.38. The van der Waals surface area contributed by atoms with Gasteiger partial charge in [0.05, 0.1) is 22.5 Å². The van der Waals surface area contributed by atoms with Gasteiger partial charge in [-0.05, 0) is 26.3 Å². The Morgan fingerprint density at radius 3 is 2.87 bits per heavy atom. The number of carbonyl (C=O) groups is 1. The molecule has 8 heteroatoms. The molecule has 23 heavy (non-hydrogen) atoms. The molecule has 0 saturated carbocycles. The SMILES string of the molecule is CCNc1ncnc2sc(C(=O)NCc3cc(C)no3)c(C)c12. The summed E-state index contributed by atoms with van der Waals surface area (Å²) >= 11 is 1.36. The second kappa shape index (κ2) is 6.33. The molecular formula is C15H17N5O2S. The minimum atomic E-state index is -0.151. The molecule has 2 N–H and O–H groups in total. The topological polar surface area (TPSA) is 92.9 Å². The highest BCUT2D eigenvalue weighted by atomic mass is 32.1. The van der Waals surface area contributed by atoms with Crippen molar-refractivity contribution in [3.63, 3.8) is 0 Å². The molecular weight excluding hydrogens is 314 g/mol. The molecule has 0 fully saturated rings. The molecule has 0 saturated heterocycles. The summed E-state index contributed by atoms with van der Waals surface area (Å²) < 4.78 is 5.10. The second-order valence-electron chi connectivity index (χ2n) is 5.11. The number of hydrogen-bond donors (Lipinski definition) is 2. The molecule has 0 aliphatic heterocycles. The van der Waals surface area contributed by atoms with Crippen molar-refractivity contribution in [3.05, 3.63) is 34.3 Å². The maximum Gasteiger partial charge on any atom is 0.262 e. The number of aryl methyl sites for hydroxylation is 2. The number of nitrogens with zero attached hydrogens (tertiary/aromatic N) is 3. The zero-order valence-electron chi connectivity index (χ0n) is 13.1. The first-order valence-electron chi connectivity index (χ1n) is 7.28. The lowest BCUT2D eigenvalue weighted by Gasteiger charge is -2.04. The van der Waals surface area contributed by atoms with Crippen LogP contribution in [-0.2, 0) is 6.54 Å². The molecule has 120 valence electrons. The average Bonchev–Trinajstić information content (AvgIpc) is 3.10. The van der Waals surface area contributed by atoms with Gasteiger partial charge in [0, 0.05) is 12.6 Å². The van der Waals surface area contributed by atoms with E-state index in [1.807, 2.05) is 20.8 Å². The molecule has 0 radical (unpaired) electrons. The highest BCUT2D eigenvalue weighted by Crippen LogP contribution is 2.33. The van der Waals surface area contributed by atoms with Crippen LogP contribution in [0.15, 0.2) is 16.9 Å². The largest absolute Gasteiger partial charge is 0.370 e. The fourth-order valence-corrected chi connectivity index (χ4v) is 3.40. The van der Waals surface area contributed by atoms with Crippen LogP contribution in [0.2, 0.25) is 0 Å². The quantitative estimate of drug-likeness (QED) is 0.746. The number of rotatable bonds is 5. The second-order valence-corrected chi connectivity index (χ2v) is 6.11. The Bertz CT molecular complexity index is 855. The minimum absolute atomic E-state index is 0.151. The van der Waals surface area contributed by atoms with E-state index in [0.717, 1.165) is 33.8 Å². The van der Waals surface area contributed by atoms with Gasteiger partial charge in [-0.1, -0.05) is 5.16 Å². The van der Waals surface area contributed by atoms with Gasteiger partial charge >= 0.3 is 0 Å². The molecule has 0 bridgehead atoms. The summed E-state index contributed by atoms with van der Waals surface area (Å²) in [5.74, 6) is 1.24. The summed E-state index contributed by atoms with van der Waals surface area (Å²) in [4.78, 5) is 22.4. The van der Waals surface area contributed by atoms with E-state index in [0.29, 0.717) is 17.2 Å². The normalized spacial score (nSPS) is 10.9. The van der Waals surface area contributed by atoms with Crippen LogP contribution in [0.3, 0.4) is 0 Å². The summed E-state index contributed by atoms with van der Waals surface area (Å²) in [6, 6.07) is 1.80. The summed E-state index contributed by atoms with van der Waals surface area (Å²) in [6.07, 6.45) is 1.51. The maximum absolute atomic E-state index is 12.5. The summed E-state index contributed by atoms with van der Waals surface area (Å²) in [5, 5.41) is 10.8. The van der Waals surface area contributed by atoms with E-state index in [1.54, 1.807) is 6.07 Å². The van der Waals surface area contributed by atoms with Crippen LogP contribution >= 0.6 is 11.3 Å². The fraction of sp³-hybridized carbons (Fsp3) is 0.333. The minimum Gasteiger partial charge on any atom is -0.370 e. The maximum atomic E-state index is 12.5. The zero-order valence-corrected chi connectivity index (χ0v) is 14.0. The summed E-state index contributed by atoms with van der Waals surface area (Å²) in [7, 11) is 0. The molecule has 0 unspecified atom stereocenters. The predicted molar refractivity (Wildman–Crippen MR) is 88.7 cm³/mol. The predicted octanol–water partition coefficient (Wildman–Crippen LogP) is 2.66. The molecule has 3 rings (SSSR count). The Labute approximate surface area is 137 Å². The van der Waals surface area contributed by atoms with Crippen LogP contribution < -0.4 is 10.6 Å². The Balaban J connectivity index is 1.85. The third kappa shape index (κ3) is 3.02. The number of anilines is 1. The highest BCUT2D eigenvalue weighted by Gasteiger charge is 2.19. The number of thiophene rings is 1. The molecule has 0 spiro atoms. The zero-order chi connectivity index (χ0) is 16.4. The Hall–Kier alpha value is -2.48. The van der Waals surface area contributed by atoms with E-state index < -0.39 is 0 Å². The van der Waals surface area contributed by atoms with Gasteiger partial charge in [0.1, 0.15) is 17.0 Å². The van der Waals surface area contributed by atoms with E-state index >= 15 is 0 Å². The van der Waals surface area contributed by atoms with Gasteiger partial charge in [-0.25, -0.2) is 9.97 Å². The number of amides is 1. The van der Waals surface area contributed by atoms with Crippen molar-refractivity contribution in [1.82, 2.24) is 20.4 Å². The van der Waals surface area contributed by atoms with Crippen LogP contribution in [0.25, 0.3) is 10.2 Å². The van der Waals surface area contributed by atoms with E-state index in [9.17, 15) is 4.79 Å². The molecule has 3 heterocycles. The van der Waals surface area contributed by atoms with Crippen LogP contribution in [-0.4, -0.2) is 27.6 Å². The number of nitrogens with one attached hydrogen (secondary N) is 2. The van der Waals surface area contributed by atoms with E-state index in [1.165, 1.54) is 17.7 Å². The van der Waals surface area contributed by atoms with Crippen molar-refractivity contribution in [1.29, 1.82) is 0 Å². The molecule has 0 atom stereocenters. The van der Waals surface area contributed by atoms with E-state index in [4.69, 9.17) is 4.52 Å². The molecule has 1 amide bonds. The number of hydrogen-bond acceptors (Lipinski definition) is 7. The lowest BCUT2D eigenvalue weighted by atomic mass is 10.2. The molecule has 3 aromatic heterocycles. The standard InChI is InChI=1S/C15H17N5O2S/c1-4-16-13-11-9(3)12(23-15(11)19-7-18-13)14(21)17-6-10-5-8(2)20-22-10/h5,7H,4,6H2,1-3H3,(H,17,21)(H,16,18,19). The monoisotopic (exact) mass is 331 g/mol. The Morgan fingerprint density at radius 2 is 2.17 bits per heavy atom. The van der Waals surface area contributed by atoms with Gasteiger partial charge < -0.3 is 15.2 Å². The number of aromatic nitrogens is 3. The van der Waals surface area contributed by atoms with Gasteiger partial charge in [-0.3, -0.25) is 4.79 Å². The van der Waals surface area contributed by atoms with Gasteiger partial charge in [-0.2, -0.15) is 0 Å². The highest BCUT2D eigenvalue weighted by molar-refractivity contribution is 7.20. The molecule has 0 aliphatic rings. The number of carbonyl (C=O) groups excluding carboxylic acids is 1. The smallest absolute Gasteiger partial charge is 0.262 e. The lowest BCUT2D eigenvalue weighted by molar-refractivity contribution is 0.0950. The first-order chi connectivity index (χ1) is 11.1. The third-order valence-corrected chi connectivity index (χ3v) is 4.58. The Kier molecular flexibility index (Phi) is 4.24. The molecule has 7 nitrogen and oxygen atoms in total. The first kappa shape index (κ1) is 15.4. The average molecular weight is 331 g/mol. The van der Waals surface area contributed by atoms with Gasteiger partial charge in [-0.15, -0.1) is 11.3 Å². The van der Waals surface area contributed by atoms with Crippen LogP contribution in [0.5, 0.6) is 0 Å². The van der Waals surface area contributed by atoms with Gasteiger partial charge in [0.2, 0.25) is 0 Å². The van der Waals surface area contributed by atoms with Gasteiger partial charge in [0.15, 0.2) is 5.76 Å². The fourth-order valence-electron chi connectivity index (χ4n) is 2.34. The molecule has 3 aromatic rings. The summed E-state index contributed by atoms with van der Waals surface area (Å²) in [5.41, 5.74) is 1.67. The number of fused-ring (bicyclic) bond motifs is 1. The van der Waals surface area contributed by atoms with Crippen LogP contribution in [0.1, 0.15) is 33.6 Å². The Morgan fingerprint density at radius 1 is 1.35 bits per heavy atom. The van der Waals surface area contributed by atoms with Gasteiger partial charge in [0.25, 0.3) is 5.91 Å². The van der Waals surface area contributed by atoms with E-state index in [2.05, 4.69) is 25.8 Å². The van der Waals surface area contributed by atoms with Crippen molar-refractivity contribution in [3.8, 4) is 0 Å². The van der Waals surface area contributed by atoms with Crippen molar-refractivity contribution in [2.24, 2.45) is 0 Å². The lowest BCUT2D eigenvalue weighted by Crippen LogP contribution is -2.22. The van der Waals surface area contributed by atoms with Crippen molar-refractivity contribution in [2.45, 2.75) is 27.3 Å². The van der Waals surface area contributed by atoms with Crippen molar-refractivity contribution >= 4 is 33.3 Å². The molecule has 0 aromatic carbocycles. The first-order valence-corrected chi connectivity index (χ1v) is 8.10.